The Hall–Kier alpha value is -3.47. The maximum atomic E-state index is 13.8. The molecule has 15 nitrogen and oxygen atoms in total. The number of carbonyl (C=O) groups excluding carboxylic acids is 1. The molecule has 0 radical (unpaired) electrons. The Labute approximate surface area is 242 Å². The largest absolute Gasteiger partial charge is 0.485 e. The van der Waals surface area contributed by atoms with Gasteiger partial charge in [-0.2, -0.15) is 35.1 Å². The van der Waals surface area contributed by atoms with Crippen LogP contribution < -0.4 is 28.5 Å². The molecule has 0 bridgehead atoms. The second-order valence-electron chi connectivity index (χ2n) is 9.17. The molecule has 0 fully saturated rings. The van der Waals surface area contributed by atoms with E-state index in [1.165, 1.54) is 0 Å². The summed E-state index contributed by atoms with van der Waals surface area (Å²) in [6.45, 7) is -4.30. The Bertz CT molecular complexity index is 1530. The van der Waals surface area contributed by atoms with Crippen molar-refractivity contribution in [1.29, 1.82) is 0 Å². The second-order valence-corrected chi connectivity index (χ2v) is 12.7. The average Bonchev–Trinajstić information content (AvgIpc) is 3.35. The number of ether oxygens (including phenoxy) is 3. The molecule has 0 aliphatic carbocycles. The van der Waals surface area contributed by atoms with Gasteiger partial charge in [0.2, 0.25) is 5.60 Å². The number of aromatic nitrogens is 2. The number of fused-ring (bicyclic) bond motifs is 1. The maximum absolute atomic E-state index is 13.8. The van der Waals surface area contributed by atoms with Crippen molar-refractivity contribution in [2.24, 2.45) is 0 Å². The van der Waals surface area contributed by atoms with Gasteiger partial charge in [-0.05, 0) is 32.0 Å². The van der Waals surface area contributed by atoms with E-state index in [-0.39, 0.29) is 21.8 Å². The highest BCUT2D eigenvalue weighted by molar-refractivity contribution is 7.93. The van der Waals surface area contributed by atoms with Crippen molar-refractivity contribution in [1.82, 2.24) is 19.2 Å². The first-order chi connectivity index (χ1) is 19.8. The lowest BCUT2D eigenvalue weighted by atomic mass is 10.1. The maximum Gasteiger partial charge on any atom is 0.427 e. The Kier molecular flexibility index (Phi) is 10.0. The molecule has 1 aliphatic heterocycles. The molecule has 0 spiro atoms. The SMILES string of the molecule is CNS(=O)(=O)NC[C@H]1CN(S(=O)(=O)c2cn(C(F)F)nc2OCCO)c2cc(NC(=O)OC(C)(C)C(F)(F)F)ccc2O1. The number of amides is 1. The van der Waals surface area contributed by atoms with E-state index in [4.69, 9.17) is 14.6 Å². The number of aliphatic hydroxyl groups is 1. The quantitative estimate of drug-likeness (QED) is 0.242. The number of carbonyl (C=O) groups is 1. The van der Waals surface area contributed by atoms with Crippen LogP contribution in [0.1, 0.15) is 20.4 Å². The van der Waals surface area contributed by atoms with E-state index in [0.717, 1.165) is 25.2 Å². The zero-order chi connectivity index (χ0) is 32.4. The third-order valence-electron chi connectivity index (χ3n) is 5.70. The zero-order valence-corrected chi connectivity index (χ0v) is 24.2. The van der Waals surface area contributed by atoms with Gasteiger partial charge in [-0.1, -0.05) is 0 Å². The smallest absolute Gasteiger partial charge is 0.427 e. The minimum atomic E-state index is -4.92. The number of nitrogens with zero attached hydrogens (tertiary/aromatic N) is 3. The molecule has 1 aromatic heterocycles. The predicted molar refractivity (Wildman–Crippen MR) is 138 cm³/mol. The van der Waals surface area contributed by atoms with E-state index in [0.29, 0.717) is 24.3 Å². The lowest BCUT2D eigenvalue weighted by Gasteiger charge is -2.35. The highest BCUT2D eigenvalue weighted by atomic mass is 32.2. The molecular formula is C21H27F5N6O9S2. The van der Waals surface area contributed by atoms with Gasteiger partial charge in [-0.3, -0.25) is 9.62 Å². The van der Waals surface area contributed by atoms with Crippen LogP contribution in [0.4, 0.5) is 38.1 Å². The van der Waals surface area contributed by atoms with E-state index in [9.17, 15) is 43.6 Å². The van der Waals surface area contributed by atoms with Crippen LogP contribution in [0.2, 0.25) is 0 Å². The van der Waals surface area contributed by atoms with Crippen LogP contribution in [-0.4, -0.2) is 89.0 Å². The molecule has 2 aromatic rings. The number of nitrogens with one attached hydrogen (secondary N) is 3. The molecule has 43 heavy (non-hydrogen) atoms. The van der Waals surface area contributed by atoms with E-state index >= 15 is 0 Å². The molecule has 1 atom stereocenters. The zero-order valence-electron chi connectivity index (χ0n) is 22.6. The van der Waals surface area contributed by atoms with Crippen molar-refractivity contribution in [3.63, 3.8) is 0 Å². The lowest BCUT2D eigenvalue weighted by molar-refractivity contribution is -0.242. The van der Waals surface area contributed by atoms with Crippen LogP contribution in [0, 0.1) is 0 Å². The standard InChI is InChI=1S/C21H27F5N6O9S2/c1-20(2,21(24,25)26)41-19(34)29-12-4-5-15-14(8-12)32(10-13(40-15)9-28-43(37,38)27-3)42(35,36)16-11-31(18(22)23)30-17(16)39-7-6-33/h4-5,8,11,13,18,27-28,33H,6-7,9-10H2,1-3H3,(H,29,34)/t13-/m0/s1. The van der Waals surface area contributed by atoms with Crippen LogP contribution in [0.15, 0.2) is 29.3 Å². The number of aliphatic hydroxyl groups excluding tert-OH is 1. The van der Waals surface area contributed by atoms with Crippen molar-refractivity contribution in [3.8, 4) is 11.6 Å². The summed E-state index contributed by atoms with van der Waals surface area (Å²) in [6, 6.07) is 3.26. The van der Waals surface area contributed by atoms with Gasteiger partial charge in [0.05, 0.1) is 31.6 Å². The summed E-state index contributed by atoms with van der Waals surface area (Å²) in [7, 11) is -7.78. The molecule has 2 heterocycles. The van der Waals surface area contributed by atoms with Gasteiger partial charge in [0.1, 0.15) is 18.5 Å². The Balaban J connectivity index is 2.05. The molecule has 1 aliphatic rings. The first kappa shape index (κ1) is 34.0. The Morgan fingerprint density at radius 3 is 2.49 bits per heavy atom. The summed E-state index contributed by atoms with van der Waals surface area (Å²) in [5.41, 5.74) is -3.45. The predicted octanol–water partition coefficient (Wildman–Crippen LogP) is 1.55. The number of rotatable bonds is 12. The molecule has 0 unspecified atom stereocenters. The Morgan fingerprint density at radius 2 is 1.91 bits per heavy atom. The first-order valence-corrected chi connectivity index (χ1v) is 14.9. The third kappa shape index (κ3) is 7.93. The molecule has 22 heteroatoms. The summed E-state index contributed by atoms with van der Waals surface area (Å²) in [5.74, 6) is -0.987. The van der Waals surface area contributed by atoms with Crippen molar-refractivity contribution < 1.29 is 62.9 Å². The highest BCUT2D eigenvalue weighted by Crippen LogP contribution is 2.41. The van der Waals surface area contributed by atoms with Crippen LogP contribution >= 0.6 is 0 Å². The average molecular weight is 667 g/mol. The summed E-state index contributed by atoms with van der Waals surface area (Å²) in [5, 5.41) is 14.5. The number of benzene rings is 1. The van der Waals surface area contributed by atoms with Gasteiger partial charge in [0.15, 0.2) is 4.90 Å². The second kappa shape index (κ2) is 12.6. The minimum Gasteiger partial charge on any atom is -0.485 e. The van der Waals surface area contributed by atoms with Gasteiger partial charge in [0.25, 0.3) is 26.1 Å². The fraction of sp³-hybridized carbons (Fsp3) is 0.524. The van der Waals surface area contributed by atoms with Crippen molar-refractivity contribution in [3.05, 3.63) is 24.4 Å². The van der Waals surface area contributed by atoms with E-state index < -0.39 is 87.8 Å². The van der Waals surface area contributed by atoms with Crippen molar-refractivity contribution in [2.45, 2.75) is 43.2 Å². The molecule has 0 saturated carbocycles. The molecule has 242 valence electrons. The monoisotopic (exact) mass is 666 g/mol. The van der Waals surface area contributed by atoms with E-state index in [2.05, 4.69) is 14.6 Å². The topological polar surface area (TPSA) is 190 Å². The van der Waals surface area contributed by atoms with Gasteiger partial charge < -0.3 is 19.3 Å². The van der Waals surface area contributed by atoms with E-state index in [1.54, 1.807) is 0 Å². The molecule has 1 aromatic carbocycles. The summed E-state index contributed by atoms with van der Waals surface area (Å²) in [4.78, 5) is 11.4. The van der Waals surface area contributed by atoms with Gasteiger partial charge in [0, 0.05) is 12.7 Å². The number of sulfonamides is 1. The molecule has 4 N–H and O–H groups in total. The van der Waals surface area contributed by atoms with Crippen LogP contribution in [-0.2, 0) is 25.0 Å². The molecule has 0 saturated heterocycles. The summed E-state index contributed by atoms with van der Waals surface area (Å²) >= 11 is 0. The summed E-state index contributed by atoms with van der Waals surface area (Å²) in [6.07, 6.45) is -7.18. The summed E-state index contributed by atoms with van der Waals surface area (Å²) < 4.78 is 138. The number of halogens is 5. The van der Waals surface area contributed by atoms with E-state index in [1.807, 2.05) is 10.0 Å². The van der Waals surface area contributed by atoms with Crippen LogP contribution in [0.5, 0.6) is 11.6 Å². The van der Waals surface area contributed by atoms with Crippen molar-refractivity contribution in [2.75, 3.05) is 43.0 Å². The molecular weight excluding hydrogens is 639 g/mol. The van der Waals surface area contributed by atoms with Gasteiger partial charge in [-0.25, -0.2) is 22.6 Å². The van der Waals surface area contributed by atoms with Gasteiger partial charge >= 0.3 is 18.8 Å². The third-order valence-corrected chi connectivity index (χ3v) is 8.55. The normalized spacial score (nSPS) is 16.0. The Morgan fingerprint density at radius 1 is 1.23 bits per heavy atom. The first-order valence-electron chi connectivity index (χ1n) is 12.0. The fourth-order valence-electron chi connectivity index (χ4n) is 3.43. The molecule has 1 amide bonds. The minimum absolute atomic E-state index is 0.00410. The number of alkyl halides is 5. The fourth-order valence-corrected chi connectivity index (χ4v) is 5.54. The number of anilines is 2. The number of hydrogen-bond donors (Lipinski definition) is 4. The molecule has 3 rings (SSSR count). The van der Waals surface area contributed by atoms with Gasteiger partial charge in [-0.15, -0.1) is 5.10 Å². The van der Waals surface area contributed by atoms with Crippen LogP contribution in [0.3, 0.4) is 0 Å². The highest BCUT2D eigenvalue weighted by Gasteiger charge is 2.51. The number of hydrogen-bond acceptors (Lipinski definition) is 10. The lowest BCUT2D eigenvalue weighted by Crippen LogP contribution is -2.49. The van der Waals surface area contributed by atoms with Crippen molar-refractivity contribution >= 4 is 37.7 Å². The van der Waals surface area contributed by atoms with Crippen LogP contribution in [0.25, 0.3) is 0 Å².